The summed E-state index contributed by atoms with van der Waals surface area (Å²) >= 11 is 3.49. The number of hydrogen-bond acceptors (Lipinski definition) is 3. The number of rotatable bonds is 3. The fraction of sp³-hybridized carbons (Fsp3) is 0.556. The van der Waals surface area contributed by atoms with Crippen molar-refractivity contribution in [1.29, 1.82) is 0 Å². The van der Waals surface area contributed by atoms with Crippen molar-refractivity contribution in [1.82, 2.24) is 0 Å². The number of hydrogen-bond donors (Lipinski definition) is 0. The molecule has 3 rings (SSSR count). The van der Waals surface area contributed by atoms with Gasteiger partial charge in [-0.2, -0.15) is 0 Å². The second-order valence-electron chi connectivity index (χ2n) is 7.44. The molecule has 0 N–H and O–H groups in total. The molecule has 0 amide bonds. The van der Waals surface area contributed by atoms with Gasteiger partial charge in [0.15, 0.2) is 0 Å². The summed E-state index contributed by atoms with van der Waals surface area (Å²) in [5, 5.41) is 0. The van der Waals surface area contributed by atoms with Gasteiger partial charge in [-0.15, -0.1) is 0 Å². The first-order chi connectivity index (χ1) is 11.2. The Morgan fingerprint density at radius 2 is 1.88 bits per heavy atom. The van der Waals surface area contributed by atoms with E-state index in [1.54, 1.807) is 7.11 Å². The molecule has 6 heteroatoms. The van der Waals surface area contributed by atoms with Crippen molar-refractivity contribution >= 4 is 23.0 Å². The summed E-state index contributed by atoms with van der Waals surface area (Å²) < 4.78 is 33.2. The molecule has 1 aliphatic carbocycles. The van der Waals surface area contributed by atoms with E-state index in [1.165, 1.54) is 0 Å². The van der Waals surface area contributed by atoms with Gasteiger partial charge in [-0.25, -0.2) is 4.39 Å². The van der Waals surface area contributed by atoms with Crippen molar-refractivity contribution in [3.63, 3.8) is 0 Å². The predicted octanol–water partition coefficient (Wildman–Crippen LogP) is 5.19. The molecule has 1 atom stereocenters. The molecule has 1 heterocycles. The van der Waals surface area contributed by atoms with Gasteiger partial charge in [-0.1, -0.05) is 15.9 Å². The van der Waals surface area contributed by atoms with Crippen LogP contribution in [0.15, 0.2) is 34.0 Å². The Kier molecular flexibility index (Phi) is 4.60. The third-order valence-corrected chi connectivity index (χ3v) is 5.95. The number of halogens is 2. The molecule has 0 spiro atoms. The maximum atomic E-state index is 15.1. The number of benzene rings is 1. The third kappa shape index (κ3) is 2.93. The Labute approximate surface area is 151 Å². The first-order valence-corrected chi connectivity index (χ1v) is 9.03. The van der Waals surface area contributed by atoms with E-state index in [0.717, 1.165) is 34.2 Å². The average molecular weight is 397 g/mol. The lowest BCUT2D eigenvalue weighted by atomic mass is 9.69. The lowest BCUT2D eigenvalue weighted by molar-refractivity contribution is 0.00578. The van der Waals surface area contributed by atoms with Gasteiger partial charge in [0.05, 0.1) is 18.3 Å². The summed E-state index contributed by atoms with van der Waals surface area (Å²) in [7, 11) is 0.713. The fourth-order valence-electron chi connectivity index (χ4n) is 3.14. The molecule has 1 saturated heterocycles. The zero-order valence-corrected chi connectivity index (χ0v) is 16.4. The van der Waals surface area contributed by atoms with E-state index in [0.29, 0.717) is 0 Å². The highest BCUT2D eigenvalue weighted by molar-refractivity contribution is 9.10. The van der Waals surface area contributed by atoms with Crippen LogP contribution in [0.4, 0.5) is 4.39 Å². The van der Waals surface area contributed by atoms with E-state index < -0.39 is 18.3 Å². The van der Waals surface area contributed by atoms with E-state index in [2.05, 4.69) is 15.9 Å². The van der Waals surface area contributed by atoms with Crippen molar-refractivity contribution in [3.8, 4) is 5.75 Å². The van der Waals surface area contributed by atoms with Crippen LogP contribution in [0.2, 0.25) is 0 Å². The summed E-state index contributed by atoms with van der Waals surface area (Å²) in [5.41, 5.74) is 0.390. The summed E-state index contributed by atoms with van der Waals surface area (Å²) in [6.45, 7) is 7.72. The normalized spacial score (nSPS) is 27.0. The molecular formula is C18H23BBrFO3. The van der Waals surface area contributed by atoms with Crippen molar-refractivity contribution in [2.75, 3.05) is 7.11 Å². The third-order valence-electron chi connectivity index (χ3n) is 5.46. The SMILES string of the molecule is COc1ccc(Br)cc1C1CCC1=C(F)B1OC(C)(C)C(C)(C)O1. The minimum Gasteiger partial charge on any atom is -0.496 e. The topological polar surface area (TPSA) is 27.7 Å². The van der Waals surface area contributed by atoms with Crippen molar-refractivity contribution in [3.05, 3.63) is 39.5 Å². The monoisotopic (exact) mass is 396 g/mol. The quantitative estimate of drug-likeness (QED) is 0.658. The molecule has 1 unspecified atom stereocenters. The molecule has 0 bridgehead atoms. The van der Waals surface area contributed by atoms with Crippen molar-refractivity contribution in [2.24, 2.45) is 0 Å². The molecule has 1 saturated carbocycles. The van der Waals surface area contributed by atoms with E-state index >= 15 is 4.39 Å². The van der Waals surface area contributed by atoms with Crippen LogP contribution >= 0.6 is 15.9 Å². The Hall–Kier alpha value is -0.845. The van der Waals surface area contributed by atoms with Gasteiger partial charge in [0.25, 0.3) is 0 Å². The van der Waals surface area contributed by atoms with Crippen LogP contribution in [-0.2, 0) is 9.31 Å². The molecule has 1 aromatic rings. The van der Waals surface area contributed by atoms with E-state index in [-0.39, 0.29) is 11.6 Å². The lowest BCUT2D eigenvalue weighted by Gasteiger charge is -2.32. The van der Waals surface area contributed by atoms with Crippen molar-refractivity contribution < 1.29 is 18.4 Å². The highest BCUT2D eigenvalue weighted by Crippen LogP contribution is 2.49. The van der Waals surface area contributed by atoms with E-state index in [1.807, 2.05) is 45.9 Å². The lowest BCUT2D eigenvalue weighted by Crippen LogP contribution is -2.41. The van der Waals surface area contributed by atoms with Crippen LogP contribution < -0.4 is 4.74 Å². The zero-order chi connectivity index (χ0) is 17.7. The molecule has 2 fully saturated rings. The van der Waals surface area contributed by atoms with Gasteiger partial charge in [0.1, 0.15) is 11.5 Å². The van der Waals surface area contributed by atoms with Crippen LogP contribution in [0, 0.1) is 0 Å². The average Bonchev–Trinajstić information content (AvgIpc) is 2.66. The van der Waals surface area contributed by atoms with Crippen LogP contribution in [-0.4, -0.2) is 25.4 Å². The van der Waals surface area contributed by atoms with Gasteiger partial charge >= 0.3 is 7.12 Å². The number of ether oxygens (including phenoxy) is 1. The van der Waals surface area contributed by atoms with E-state index in [4.69, 9.17) is 14.0 Å². The Morgan fingerprint density at radius 3 is 2.38 bits per heavy atom. The van der Waals surface area contributed by atoms with Crippen LogP contribution in [0.1, 0.15) is 52.0 Å². The number of allylic oxidation sites excluding steroid dienone is 1. The second-order valence-corrected chi connectivity index (χ2v) is 8.35. The summed E-state index contributed by atoms with van der Waals surface area (Å²) in [5.74, 6) is 0.790. The van der Waals surface area contributed by atoms with Crippen LogP contribution in [0.5, 0.6) is 5.75 Å². The molecule has 0 aromatic heterocycles. The van der Waals surface area contributed by atoms with E-state index in [9.17, 15) is 0 Å². The molecule has 3 nitrogen and oxygen atoms in total. The molecule has 0 radical (unpaired) electrons. The zero-order valence-electron chi connectivity index (χ0n) is 14.8. The smallest absolute Gasteiger partial charge is 0.496 e. The first-order valence-electron chi connectivity index (χ1n) is 8.24. The minimum atomic E-state index is -0.925. The predicted molar refractivity (Wildman–Crippen MR) is 96.9 cm³/mol. The van der Waals surface area contributed by atoms with Gasteiger partial charge in [0.2, 0.25) is 0 Å². The molecule has 1 aliphatic heterocycles. The summed E-state index contributed by atoms with van der Waals surface area (Å²) in [6.07, 6.45) is 1.62. The van der Waals surface area contributed by atoms with Gasteiger partial charge < -0.3 is 14.0 Å². The highest BCUT2D eigenvalue weighted by Gasteiger charge is 2.54. The molecule has 2 aliphatic rings. The number of methoxy groups -OCH3 is 1. The fourth-order valence-corrected chi connectivity index (χ4v) is 3.52. The maximum Gasteiger partial charge on any atom is 0.525 e. The first kappa shape index (κ1) is 18.0. The minimum absolute atomic E-state index is 0.0106. The Balaban J connectivity index is 1.90. The molecule has 130 valence electrons. The molecule has 24 heavy (non-hydrogen) atoms. The molecular weight excluding hydrogens is 374 g/mol. The van der Waals surface area contributed by atoms with Gasteiger partial charge in [-0.05, 0) is 64.3 Å². The van der Waals surface area contributed by atoms with Gasteiger partial charge in [-0.3, -0.25) is 0 Å². The van der Waals surface area contributed by atoms with Gasteiger partial charge in [0, 0.05) is 16.0 Å². The Bertz CT molecular complexity index is 671. The largest absolute Gasteiger partial charge is 0.525 e. The standard InChI is InChI=1S/C18H23BBrFO3/c1-17(2)18(3,4)24-19(23-17)16(21)13-8-7-12(13)14-10-11(20)6-9-15(14)22-5/h6,9-10,12H,7-8H2,1-5H3. The second kappa shape index (κ2) is 6.15. The highest BCUT2D eigenvalue weighted by atomic mass is 79.9. The van der Waals surface area contributed by atoms with Crippen molar-refractivity contribution in [2.45, 2.75) is 57.7 Å². The maximum absolute atomic E-state index is 15.1. The Morgan fingerprint density at radius 1 is 1.25 bits per heavy atom. The summed E-state index contributed by atoms with van der Waals surface area (Å²) in [4.78, 5) is 0. The van der Waals surface area contributed by atoms with Crippen LogP contribution in [0.3, 0.4) is 0 Å². The summed E-state index contributed by atoms with van der Waals surface area (Å²) in [6, 6.07) is 5.83. The molecule has 1 aromatic carbocycles. The van der Waals surface area contributed by atoms with Crippen LogP contribution in [0.25, 0.3) is 0 Å².